The first-order valence-electron chi connectivity index (χ1n) is 5.57. The van der Waals surface area contributed by atoms with Crippen LogP contribution in [0.2, 0.25) is 0 Å². The zero-order valence-electron chi connectivity index (χ0n) is 9.98. The Bertz CT molecular complexity index is 584. The van der Waals surface area contributed by atoms with Crippen LogP contribution < -0.4 is 4.74 Å². The maximum absolute atomic E-state index is 8.72. The van der Waals surface area contributed by atoms with Crippen LogP contribution in [-0.4, -0.2) is 0 Å². The van der Waals surface area contributed by atoms with Gasteiger partial charge in [-0.3, -0.25) is 0 Å². The summed E-state index contributed by atoms with van der Waals surface area (Å²) in [7, 11) is 0. The molecule has 0 amide bonds. The number of nitriles is 1. The van der Waals surface area contributed by atoms with Crippen molar-refractivity contribution < 1.29 is 4.74 Å². The summed E-state index contributed by atoms with van der Waals surface area (Å²) in [6.45, 7) is 2.52. The summed E-state index contributed by atoms with van der Waals surface area (Å²) >= 11 is 3.43. The average molecular weight is 302 g/mol. The van der Waals surface area contributed by atoms with Crippen molar-refractivity contribution in [3.8, 4) is 11.8 Å². The Kier molecular flexibility index (Phi) is 4.01. The lowest BCUT2D eigenvalue weighted by Gasteiger charge is -2.09. The van der Waals surface area contributed by atoms with Gasteiger partial charge in [0.25, 0.3) is 0 Å². The minimum absolute atomic E-state index is 0.503. The number of aryl methyl sites for hydroxylation is 1. The lowest BCUT2D eigenvalue weighted by molar-refractivity contribution is 0.304. The van der Waals surface area contributed by atoms with Crippen molar-refractivity contribution in [1.82, 2.24) is 0 Å². The highest BCUT2D eigenvalue weighted by Crippen LogP contribution is 2.23. The van der Waals surface area contributed by atoms with Gasteiger partial charge >= 0.3 is 0 Å². The molecular formula is C15H12BrNO. The van der Waals surface area contributed by atoms with E-state index in [4.69, 9.17) is 10.00 Å². The molecular weight excluding hydrogens is 290 g/mol. The van der Waals surface area contributed by atoms with Gasteiger partial charge in [0.05, 0.1) is 11.6 Å². The third-order valence-electron chi connectivity index (χ3n) is 2.63. The van der Waals surface area contributed by atoms with Crippen molar-refractivity contribution >= 4 is 15.9 Å². The molecule has 0 saturated heterocycles. The van der Waals surface area contributed by atoms with E-state index in [1.165, 1.54) is 0 Å². The molecule has 0 unspecified atom stereocenters. The maximum atomic E-state index is 8.72. The fraction of sp³-hybridized carbons (Fsp3) is 0.133. The monoisotopic (exact) mass is 301 g/mol. The first-order chi connectivity index (χ1) is 8.69. The first kappa shape index (κ1) is 12.7. The van der Waals surface area contributed by atoms with Gasteiger partial charge in [-0.25, -0.2) is 0 Å². The van der Waals surface area contributed by atoms with Gasteiger partial charge in [0.1, 0.15) is 12.4 Å². The second kappa shape index (κ2) is 5.70. The highest BCUT2D eigenvalue weighted by molar-refractivity contribution is 9.10. The fourth-order valence-electron chi connectivity index (χ4n) is 1.57. The lowest BCUT2D eigenvalue weighted by Crippen LogP contribution is -1.97. The summed E-state index contributed by atoms with van der Waals surface area (Å²) in [4.78, 5) is 0. The number of hydrogen-bond donors (Lipinski definition) is 0. The number of benzene rings is 2. The van der Waals surface area contributed by atoms with Gasteiger partial charge < -0.3 is 4.74 Å². The Morgan fingerprint density at radius 1 is 1.17 bits per heavy atom. The molecule has 0 aliphatic rings. The van der Waals surface area contributed by atoms with Crippen molar-refractivity contribution in [1.29, 1.82) is 5.26 Å². The average Bonchev–Trinajstić information content (AvgIpc) is 2.40. The highest BCUT2D eigenvalue weighted by atomic mass is 79.9. The van der Waals surface area contributed by atoms with E-state index >= 15 is 0 Å². The molecule has 0 atom stereocenters. The molecule has 2 aromatic carbocycles. The van der Waals surface area contributed by atoms with Gasteiger partial charge in [-0.2, -0.15) is 5.26 Å². The molecule has 0 N–H and O–H groups in total. The summed E-state index contributed by atoms with van der Waals surface area (Å²) in [6.07, 6.45) is 0. The number of nitrogens with zero attached hydrogens (tertiary/aromatic N) is 1. The Morgan fingerprint density at radius 2 is 1.89 bits per heavy atom. The Labute approximate surface area is 115 Å². The van der Waals surface area contributed by atoms with E-state index in [1.54, 1.807) is 12.1 Å². The van der Waals surface area contributed by atoms with Crippen LogP contribution in [0.3, 0.4) is 0 Å². The molecule has 2 aromatic rings. The Hall–Kier alpha value is -1.79. The first-order valence-corrected chi connectivity index (χ1v) is 6.36. The van der Waals surface area contributed by atoms with Crippen molar-refractivity contribution in [2.24, 2.45) is 0 Å². The smallest absolute Gasteiger partial charge is 0.123 e. The van der Waals surface area contributed by atoms with E-state index in [0.717, 1.165) is 21.3 Å². The van der Waals surface area contributed by atoms with E-state index < -0.39 is 0 Å². The molecule has 2 rings (SSSR count). The summed E-state index contributed by atoms with van der Waals surface area (Å²) in [6, 6.07) is 15.5. The van der Waals surface area contributed by atoms with E-state index in [2.05, 4.69) is 22.0 Å². The third-order valence-corrected chi connectivity index (χ3v) is 3.12. The predicted molar refractivity (Wildman–Crippen MR) is 74.4 cm³/mol. The maximum Gasteiger partial charge on any atom is 0.123 e. The molecule has 90 valence electrons. The van der Waals surface area contributed by atoms with Gasteiger partial charge in [0.2, 0.25) is 0 Å². The van der Waals surface area contributed by atoms with E-state index in [1.807, 2.05) is 37.3 Å². The zero-order chi connectivity index (χ0) is 13.0. The second-order valence-electron chi connectivity index (χ2n) is 4.01. The third kappa shape index (κ3) is 3.12. The largest absolute Gasteiger partial charge is 0.489 e. The molecule has 0 saturated carbocycles. The molecule has 2 nitrogen and oxygen atoms in total. The van der Waals surface area contributed by atoms with Crippen molar-refractivity contribution in [2.45, 2.75) is 13.5 Å². The van der Waals surface area contributed by atoms with Crippen LogP contribution in [0.25, 0.3) is 0 Å². The van der Waals surface area contributed by atoms with E-state index in [-0.39, 0.29) is 0 Å². The molecule has 0 radical (unpaired) electrons. The lowest BCUT2D eigenvalue weighted by atomic mass is 10.1. The predicted octanol–water partition coefficient (Wildman–Crippen LogP) is 4.21. The quantitative estimate of drug-likeness (QED) is 0.851. The minimum Gasteiger partial charge on any atom is -0.489 e. The Balaban J connectivity index is 2.07. The molecule has 0 aromatic heterocycles. The standard InChI is InChI=1S/C15H12BrNO/c1-11-2-7-14(16)8-15(11)18-10-13-5-3-12(9-17)4-6-13/h2-8H,10H2,1H3. The molecule has 0 fully saturated rings. The van der Waals surface area contributed by atoms with Crippen molar-refractivity contribution in [3.05, 3.63) is 63.6 Å². The van der Waals surface area contributed by atoms with Crippen LogP contribution in [0.1, 0.15) is 16.7 Å². The zero-order valence-corrected chi connectivity index (χ0v) is 11.6. The topological polar surface area (TPSA) is 33.0 Å². The second-order valence-corrected chi connectivity index (χ2v) is 4.92. The van der Waals surface area contributed by atoms with E-state index in [9.17, 15) is 0 Å². The minimum atomic E-state index is 0.503. The number of ether oxygens (including phenoxy) is 1. The molecule has 0 heterocycles. The van der Waals surface area contributed by atoms with Gasteiger partial charge in [0.15, 0.2) is 0 Å². The molecule has 3 heteroatoms. The van der Waals surface area contributed by atoms with Gasteiger partial charge in [-0.15, -0.1) is 0 Å². The molecule has 0 bridgehead atoms. The van der Waals surface area contributed by atoms with Crippen molar-refractivity contribution in [2.75, 3.05) is 0 Å². The summed E-state index contributed by atoms with van der Waals surface area (Å²) in [5, 5.41) is 8.72. The highest BCUT2D eigenvalue weighted by Gasteiger charge is 2.01. The molecule has 18 heavy (non-hydrogen) atoms. The fourth-order valence-corrected chi connectivity index (χ4v) is 1.91. The number of rotatable bonds is 3. The SMILES string of the molecule is Cc1ccc(Br)cc1OCc1ccc(C#N)cc1. The molecule has 0 aliphatic heterocycles. The van der Waals surface area contributed by atoms with Gasteiger partial charge in [-0.1, -0.05) is 34.1 Å². The van der Waals surface area contributed by atoms with E-state index in [0.29, 0.717) is 12.2 Å². The Morgan fingerprint density at radius 3 is 2.56 bits per heavy atom. The van der Waals surface area contributed by atoms with Gasteiger partial charge in [0, 0.05) is 4.47 Å². The van der Waals surface area contributed by atoms with Crippen LogP contribution in [-0.2, 0) is 6.61 Å². The van der Waals surface area contributed by atoms with Crippen LogP contribution in [0, 0.1) is 18.3 Å². The summed E-state index contributed by atoms with van der Waals surface area (Å²) in [5.74, 6) is 0.869. The summed E-state index contributed by atoms with van der Waals surface area (Å²) < 4.78 is 6.77. The van der Waals surface area contributed by atoms with Crippen LogP contribution >= 0.6 is 15.9 Å². The molecule has 0 aliphatic carbocycles. The number of halogens is 1. The normalized spacial score (nSPS) is 9.83. The molecule has 0 spiro atoms. The number of hydrogen-bond acceptors (Lipinski definition) is 2. The van der Waals surface area contributed by atoms with Crippen LogP contribution in [0.4, 0.5) is 0 Å². The van der Waals surface area contributed by atoms with Crippen molar-refractivity contribution in [3.63, 3.8) is 0 Å². The summed E-state index contributed by atoms with van der Waals surface area (Å²) in [5.41, 5.74) is 2.82. The van der Waals surface area contributed by atoms with Gasteiger partial charge in [-0.05, 0) is 42.3 Å². The van der Waals surface area contributed by atoms with Crippen LogP contribution in [0.5, 0.6) is 5.75 Å². The van der Waals surface area contributed by atoms with Crippen LogP contribution in [0.15, 0.2) is 46.9 Å².